The third-order valence-electron chi connectivity index (χ3n) is 1.97. The number of rotatable bonds is 4. The maximum Gasteiger partial charge on any atom is 0.133 e. The lowest BCUT2D eigenvalue weighted by molar-refractivity contribution is 0.457. The Morgan fingerprint density at radius 3 is 2.43 bits per heavy atom. The van der Waals surface area contributed by atoms with Gasteiger partial charge in [0.2, 0.25) is 0 Å². The van der Waals surface area contributed by atoms with Crippen LogP contribution in [0.3, 0.4) is 0 Å². The van der Waals surface area contributed by atoms with Crippen LogP contribution in [0.1, 0.15) is 33.4 Å². The Kier molecular flexibility index (Phi) is 3.99. The van der Waals surface area contributed by atoms with Crippen LogP contribution in [-0.4, -0.2) is 9.78 Å². The van der Waals surface area contributed by atoms with E-state index in [1.807, 2.05) is 4.68 Å². The van der Waals surface area contributed by atoms with Crippen molar-refractivity contribution >= 4 is 11.6 Å². The van der Waals surface area contributed by atoms with E-state index in [-0.39, 0.29) is 0 Å². The molecule has 79 valence electrons. The van der Waals surface area contributed by atoms with Gasteiger partial charge in [0.05, 0.1) is 10.7 Å². The van der Waals surface area contributed by atoms with E-state index in [1.54, 1.807) is 0 Å². The first-order valence-corrected chi connectivity index (χ1v) is 5.51. The first-order chi connectivity index (χ1) is 6.50. The second-order valence-corrected chi connectivity index (χ2v) is 4.92. The van der Waals surface area contributed by atoms with Crippen molar-refractivity contribution in [2.45, 2.75) is 40.7 Å². The molecule has 0 amide bonds. The Morgan fingerprint density at radius 2 is 1.93 bits per heavy atom. The number of nitrogens with zero attached hydrogens (tertiary/aromatic N) is 2. The molecule has 0 atom stereocenters. The molecule has 14 heavy (non-hydrogen) atoms. The molecule has 0 aromatic carbocycles. The summed E-state index contributed by atoms with van der Waals surface area (Å²) in [6, 6.07) is 0. The predicted octanol–water partition coefficient (Wildman–Crippen LogP) is 3.19. The highest BCUT2D eigenvalue weighted by atomic mass is 35.5. The predicted molar refractivity (Wildman–Crippen MR) is 59.5 cm³/mol. The summed E-state index contributed by atoms with van der Waals surface area (Å²) in [5.74, 6) is 1.19. The monoisotopic (exact) mass is 213 g/mol. The van der Waals surface area contributed by atoms with Crippen molar-refractivity contribution in [1.82, 2.24) is 9.78 Å². The van der Waals surface area contributed by atoms with Gasteiger partial charge in [0, 0.05) is 6.54 Å². The van der Waals surface area contributed by atoms with Crippen LogP contribution >= 0.6 is 11.6 Å². The van der Waals surface area contributed by atoms with E-state index in [4.69, 9.17) is 11.6 Å². The van der Waals surface area contributed by atoms with Crippen molar-refractivity contribution in [2.24, 2.45) is 11.8 Å². The van der Waals surface area contributed by atoms with Gasteiger partial charge in [-0.2, -0.15) is 5.10 Å². The van der Waals surface area contributed by atoms with E-state index >= 15 is 0 Å². The molecule has 1 heterocycles. The zero-order valence-electron chi connectivity index (χ0n) is 9.34. The summed E-state index contributed by atoms with van der Waals surface area (Å²) < 4.78 is 1.98. The Bertz CT molecular complexity index is 289. The molecule has 0 bridgehead atoms. The molecule has 1 rings (SSSR count). The Morgan fingerprint density at radius 1 is 1.29 bits per heavy atom. The third-order valence-corrected chi connectivity index (χ3v) is 2.28. The van der Waals surface area contributed by atoms with Gasteiger partial charge in [-0.25, -0.2) is 0 Å². The number of aromatic nitrogens is 2. The minimum absolute atomic E-state index is 0.588. The van der Waals surface area contributed by atoms with Crippen LogP contribution in [0.4, 0.5) is 0 Å². The second-order valence-electron chi connectivity index (χ2n) is 4.55. The normalized spacial score (nSPS) is 11.6. The molecule has 0 aliphatic heterocycles. The van der Waals surface area contributed by atoms with E-state index < -0.39 is 0 Å². The molecule has 1 aromatic heterocycles. The molecular formula is C11H18ClN2. The first kappa shape index (κ1) is 11.6. The van der Waals surface area contributed by atoms with Gasteiger partial charge in [-0.15, -0.1) is 0 Å². The molecule has 0 aliphatic rings. The minimum atomic E-state index is 0.588. The third kappa shape index (κ3) is 3.02. The fourth-order valence-corrected chi connectivity index (χ4v) is 1.63. The second kappa shape index (κ2) is 4.83. The fraction of sp³-hybridized carbons (Fsp3) is 0.727. The van der Waals surface area contributed by atoms with Crippen LogP contribution in [0.15, 0.2) is 0 Å². The van der Waals surface area contributed by atoms with Gasteiger partial charge in [-0.1, -0.05) is 39.3 Å². The maximum absolute atomic E-state index is 6.03. The van der Waals surface area contributed by atoms with E-state index in [9.17, 15) is 0 Å². The topological polar surface area (TPSA) is 17.8 Å². The number of halogens is 1. The van der Waals surface area contributed by atoms with E-state index in [1.165, 1.54) is 0 Å². The first-order valence-electron chi connectivity index (χ1n) is 5.13. The Labute approximate surface area is 91.3 Å². The summed E-state index contributed by atoms with van der Waals surface area (Å²) in [5, 5.41) is 4.85. The summed E-state index contributed by atoms with van der Waals surface area (Å²) in [6.45, 7) is 9.64. The highest BCUT2D eigenvalue weighted by Crippen LogP contribution is 2.19. The van der Waals surface area contributed by atoms with Crippen LogP contribution in [0.2, 0.25) is 5.02 Å². The van der Waals surface area contributed by atoms with Crippen molar-refractivity contribution in [3.8, 4) is 0 Å². The van der Waals surface area contributed by atoms with Gasteiger partial charge in [0.15, 0.2) is 0 Å². The zero-order chi connectivity index (χ0) is 10.7. The van der Waals surface area contributed by atoms with Crippen molar-refractivity contribution in [1.29, 1.82) is 0 Å². The van der Waals surface area contributed by atoms with Gasteiger partial charge in [-0.05, 0) is 18.3 Å². The van der Waals surface area contributed by atoms with Crippen LogP contribution in [-0.2, 0) is 13.0 Å². The largest absolute Gasteiger partial charge is 0.267 e. The zero-order valence-corrected chi connectivity index (χ0v) is 10.1. The van der Waals surface area contributed by atoms with Crippen LogP contribution in [0, 0.1) is 18.0 Å². The summed E-state index contributed by atoms with van der Waals surface area (Å²) in [5.41, 5.74) is 1.12. The molecule has 0 unspecified atom stereocenters. The van der Waals surface area contributed by atoms with Crippen molar-refractivity contribution in [3.63, 3.8) is 0 Å². The van der Waals surface area contributed by atoms with Crippen LogP contribution in [0.25, 0.3) is 0 Å². The van der Waals surface area contributed by atoms with Gasteiger partial charge < -0.3 is 0 Å². The van der Waals surface area contributed by atoms with Crippen LogP contribution < -0.4 is 0 Å². The SMILES string of the molecule is CC(C)Cc1c(Cl)[c]nn1CC(C)C. The molecule has 1 aromatic rings. The van der Waals surface area contributed by atoms with Gasteiger partial charge in [0.1, 0.15) is 6.20 Å². The van der Waals surface area contributed by atoms with Gasteiger partial charge in [-0.3, -0.25) is 4.68 Å². The molecule has 0 saturated carbocycles. The molecule has 0 aliphatic carbocycles. The Balaban J connectivity index is 2.82. The highest BCUT2D eigenvalue weighted by Gasteiger charge is 2.11. The van der Waals surface area contributed by atoms with E-state index in [0.29, 0.717) is 16.9 Å². The average molecular weight is 214 g/mol. The van der Waals surface area contributed by atoms with Crippen molar-refractivity contribution in [2.75, 3.05) is 0 Å². The fourth-order valence-electron chi connectivity index (χ4n) is 1.42. The Hall–Kier alpha value is -0.500. The maximum atomic E-state index is 6.03. The van der Waals surface area contributed by atoms with Crippen molar-refractivity contribution in [3.05, 3.63) is 16.9 Å². The summed E-state index contributed by atoms with van der Waals surface area (Å²) in [4.78, 5) is 0. The lowest BCUT2D eigenvalue weighted by atomic mass is 10.1. The van der Waals surface area contributed by atoms with Crippen LogP contribution in [0.5, 0.6) is 0 Å². The lowest BCUT2D eigenvalue weighted by Gasteiger charge is -2.11. The summed E-state index contributed by atoms with van der Waals surface area (Å²) in [7, 11) is 0. The number of hydrogen-bond acceptors (Lipinski definition) is 1. The standard InChI is InChI=1S/C11H18ClN2/c1-8(2)5-11-10(12)6-13-14(11)7-9(3)4/h8-9H,5,7H2,1-4H3. The van der Waals surface area contributed by atoms with E-state index in [0.717, 1.165) is 18.7 Å². The highest BCUT2D eigenvalue weighted by molar-refractivity contribution is 6.31. The van der Waals surface area contributed by atoms with Crippen molar-refractivity contribution < 1.29 is 0 Å². The smallest absolute Gasteiger partial charge is 0.133 e. The van der Waals surface area contributed by atoms with E-state index in [2.05, 4.69) is 39.0 Å². The molecule has 2 nitrogen and oxygen atoms in total. The molecule has 0 saturated heterocycles. The summed E-state index contributed by atoms with van der Waals surface area (Å²) in [6.07, 6.45) is 3.80. The molecule has 0 fully saturated rings. The average Bonchev–Trinajstić information content (AvgIpc) is 2.34. The van der Waals surface area contributed by atoms with Gasteiger partial charge in [0.25, 0.3) is 0 Å². The molecule has 0 N–H and O–H groups in total. The molecule has 1 radical (unpaired) electrons. The quantitative estimate of drug-likeness (QED) is 0.751. The molecule has 0 spiro atoms. The molecular weight excluding hydrogens is 196 g/mol. The minimum Gasteiger partial charge on any atom is -0.267 e. The molecule has 3 heteroatoms. The van der Waals surface area contributed by atoms with Gasteiger partial charge >= 0.3 is 0 Å². The number of hydrogen-bond donors (Lipinski definition) is 0. The summed E-state index contributed by atoms with van der Waals surface area (Å²) >= 11 is 6.03. The lowest BCUT2D eigenvalue weighted by Crippen LogP contribution is -2.11.